The second-order valence-corrected chi connectivity index (χ2v) is 9.95. The van der Waals surface area contributed by atoms with Crippen molar-refractivity contribution < 1.29 is 28.6 Å². The summed E-state index contributed by atoms with van der Waals surface area (Å²) in [7, 11) is 0. The Kier molecular flexibility index (Phi) is 9.52. The smallest absolute Gasteiger partial charge is 0.303 e. The number of benzene rings is 4. The fourth-order valence-electron chi connectivity index (χ4n) is 4.73. The Morgan fingerprint density at radius 3 is 2.14 bits per heavy atom. The van der Waals surface area contributed by atoms with E-state index in [1.54, 1.807) is 18.4 Å². The van der Waals surface area contributed by atoms with Crippen molar-refractivity contribution in [3.8, 4) is 22.6 Å². The predicted octanol–water partition coefficient (Wildman–Crippen LogP) is 7.29. The van der Waals surface area contributed by atoms with Crippen LogP contribution >= 0.6 is 0 Å². The summed E-state index contributed by atoms with van der Waals surface area (Å²) in [6, 6.07) is 30.6. The van der Waals surface area contributed by atoms with Crippen LogP contribution in [-0.4, -0.2) is 30.2 Å². The zero-order valence-corrected chi connectivity index (χ0v) is 23.3. The lowest BCUT2D eigenvalue weighted by molar-refractivity contribution is -0.136. The average Bonchev–Trinajstić information content (AvgIpc) is 3.45. The Morgan fingerprint density at radius 2 is 1.43 bits per heavy atom. The monoisotopic (exact) mass is 563 g/mol. The van der Waals surface area contributed by atoms with Gasteiger partial charge in [-0.3, -0.25) is 9.59 Å². The third-order valence-electron chi connectivity index (χ3n) is 6.97. The summed E-state index contributed by atoms with van der Waals surface area (Å²) >= 11 is 0. The number of unbranched alkanes of at least 4 members (excludes halogenated alkanes) is 1. The molecule has 0 bridgehead atoms. The van der Waals surface area contributed by atoms with E-state index >= 15 is 0 Å². The minimum atomic E-state index is -0.863. The molecule has 42 heavy (non-hydrogen) atoms. The number of carbonyl (C=O) groups is 2. The van der Waals surface area contributed by atoms with E-state index in [0.29, 0.717) is 30.9 Å². The first-order chi connectivity index (χ1) is 20.6. The summed E-state index contributed by atoms with van der Waals surface area (Å²) < 4.78 is 17.7. The molecule has 0 unspecified atom stereocenters. The van der Waals surface area contributed by atoms with Gasteiger partial charge in [0, 0.05) is 35.5 Å². The molecule has 2 N–H and O–H groups in total. The van der Waals surface area contributed by atoms with Gasteiger partial charge in [0.25, 0.3) is 5.91 Å². The summed E-state index contributed by atoms with van der Waals surface area (Å²) in [4.78, 5) is 23.6. The van der Waals surface area contributed by atoms with Crippen molar-refractivity contribution in [2.45, 2.75) is 32.2 Å². The Hall–Kier alpha value is -5.04. The molecule has 0 radical (unpaired) electrons. The second-order valence-electron chi connectivity index (χ2n) is 9.95. The molecule has 4 aromatic carbocycles. The van der Waals surface area contributed by atoms with Crippen molar-refractivity contribution >= 4 is 22.8 Å². The number of aliphatic carboxylic acids is 1. The molecule has 5 rings (SSSR count). The molecule has 1 aromatic heterocycles. The normalized spacial score (nSPS) is 10.9. The number of furan rings is 1. The Balaban J connectivity index is 1.10. The van der Waals surface area contributed by atoms with E-state index in [-0.39, 0.29) is 18.9 Å². The molecule has 214 valence electrons. The number of nitrogens with one attached hydrogen (secondary N) is 1. The molecule has 0 aliphatic carbocycles. The highest BCUT2D eigenvalue weighted by molar-refractivity contribution is 5.95. The SMILES string of the molecule is O=C(O)CCc1ccc(OCCCCOc2ccc3c(-c4ccccc4)coc3c2)cc1CNC(=O)c1ccccc1. The largest absolute Gasteiger partial charge is 0.494 e. The van der Waals surface area contributed by atoms with Gasteiger partial charge in [0.1, 0.15) is 17.1 Å². The van der Waals surface area contributed by atoms with Gasteiger partial charge in [-0.2, -0.15) is 0 Å². The maximum atomic E-state index is 12.5. The number of ether oxygens (including phenoxy) is 2. The van der Waals surface area contributed by atoms with Crippen LogP contribution in [0.2, 0.25) is 0 Å². The zero-order valence-electron chi connectivity index (χ0n) is 23.3. The summed E-state index contributed by atoms with van der Waals surface area (Å²) in [6.45, 7) is 1.33. The lowest BCUT2D eigenvalue weighted by Crippen LogP contribution is -2.23. The molecule has 7 nitrogen and oxygen atoms in total. The van der Waals surface area contributed by atoms with Crippen LogP contribution in [-0.2, 0) is 17.8 Å². The first-order valence-corrected chi connectivity index (χ1v) is 14.1. The molecule has 0 saturated carbocycles. The van der Waals surface area contributed by atoms with Crippen molar-refractivity contribution in [1.82, 2.24) is 5.32 Å². The Morgan fingerprint density at radius 1 is 0.762 bits per heavy atom. The minimum Gasteiger partial charge on any atom is -0.494 e. The van der Waals surface area contributed by atoms with Crippen LogP contribution in [0.15, 0.2) is 108 Å². The maximum Gasteiger partial charge on any atom is 0.303 e. The van der Waals surface area contributed by atoms with Crippen molar-refractivity contribution in [1.29, 1.82) is 0 Å². The van der Waals surface area contributed by atoms with Crippen molar-refractivity contribution in [2.24, 2.45) is 0 Å². The van der Waals surface area contributed by atoms with Crippen molar-refractivity contribution in [3.63, 3.8) is 0 Å². The molecule has 0 aliphatic heterocycles. The number of amides is 1. The van der Waals surface area contributed by atoms with Crippen LogP contribution in [0.5, 0.6) is 11.5 Å². The molecule has 1 amide bonds. The summed E-state index contributed by atoms with van der Waals surface area (Å²) in [6.07, 6.45) is 3.77. The Labute approximate surface area is 244 Å². The van der Waals surface area contributed by atoms with Gasteiger partial charge in [-0.1, -0.05) is 54.6 Å². The molecule has 5 aromatic rings. The highest BCUT2D eigenvalue weighted by Crippen LogP contribution is 2.32. The number of carboxylic acids is 1. The lowest BCUT2D eigenvalue weighted by atomic mass is 10.0. The van der Waals surface area contributed by atoms with Gasteiger partial charge < -0.3 is 24.3 Å². The number of carbonyl (C=O) groups excluding carboxylic acids is 1. The molecule has 0 spiro atoms. The Bertz CT molecular complexity index is 1630. The van der Waals surface area contributed by atoms with Gasteiger partial charge in [-0.05, 0) is 72.4 Å². The quantitative estimate of drug-likeness (QED) is 0.138. The highest BCUT2D eigenvalue weighted by Gasteiger charge is 2.11. The fraction of sp³-hybridized carbons (Fsp3) is 0.200. The standard InChI is InChI=1S/C35H33NO6/c37-34(38)18-14-25-13-15-29(21-28(25)23-36-35(39)27-11-5-2-6-12-27)40-19-7-8-20-41-30-16-17-31-32(24-42-33(31)22-30)26-9-3-1-4-10-26/h1-6,9-13,15-17,21-22,24H,7-8,14,18-20,23H2,(H,36,39)(H,37,38). The number of hydrogen-bond donors (Lipinski definition) is 2. The third-order valence-corrected chi connectivity index (χ3v) is 6.97. The number of aryl methyl sites for hydroxylation is 1. The molecule has 1 heterocycles. The van der Waals surface area contributed by atoms with E-state index in [0.717, 1.165) is 51.8 Å². The molecule has 0 fully saturated rings. The van der Waals surface area contributed by atoms with Crippen molar-refractivity contribution in [2.75, 3.05) is 13.2 Å². The fourth-order valence-corrected chi connectivity index (χ4v) is 4.73. The number of rotatable bonds is 14. The van der Waals surface area contributed by atoms with Gasteiger partial charge in [-0.25, -0.2) is 0 Å². The summed E-state index contributed by atoms with van der Waals surface area (Å²) in [5, 5.41) is 13.1. The molecule has 7 heteroatoms. The first kappa shape index (κ1) is 28.5. The van der Waals surface area contributed by atoms with Gasteiger partial charge >= 0.3 is 5.97 Å². The molecular weight excluding hydrogens is 530 g/mol. The van der Waals surface area contributed by atoms with E-state index in [9.17, 15) is 9.59 Å². The second kappa shape index (κ2) is 14.0. The third kappa shape index (κ3) is 7.57. The van der Waals surface area contributed by atoms with Gasteiger partial charge in [-0.15, -0.1) is 0 Å². The van der Waals surface area contributed by atoms with Crippen molar-refractivity contribution in [3.05, 3.63) is 120 Å². The topological polar surface area (TPSA) is 98.0 Å². The van der Waals surface area contributed by atoms with Crippen LogP contribution in [0.4, 0.5) is 0 Å². The summed E-state index contributed by atoms with van der Waals surface area (Å²) in [5.41, 5.74) is 5.24. The molecule has 0 aliphatic rings. The number of carboxylic acid groups (broad SMARTS) is 1. The predicted molar refractivity (Wildman–Crippen MR) is 162 cm³/mol. The zero-order chi connectivity index (χ0) is 29.1. The first-order valence-electron chi connectivity index (χ1n) is 14.1. The van der Waals surface area contributed by atoms with Crippen LogP contribution in [0.1, 0.15) is 40.7 Å². The number of hydrogen-bond acceptors (Lipinski definition) is 5. The van der Waals surface area contributed by atoms with Gasteiger partial charge in [0.15, 0.2) is 0 Å². The van der Waals surface area contributed by atoms with E-state index < -0.39 is 5.97 Å². The molecular formula is C35H33NO6. The molecule has 0 saturated heterocycles. The van der Waals surface area contributed by atoms with E-state index in [4.69, 9.17) is 19.0 Å². The van der Waals surface area contributed by atoms with E-state index in [2.05, 4.69) is 17.4 Å². The van der Waals surface area contributed by atoms with Gasteiger partial charge in [0.2, 0.25) is 0 Å². The highest BCUT2D eigenvalue weighted by atomic mass is 16.5. The van der Waals surface area contributed by atoms with Crippen LogP contribution in [0, 0.1) is 0 Å². The maximum absolute atomic E-state index is 12.5. The minimum absolute atomic E-state index is 0.0148. The summed E-state index contributed by atoms with van der Waals surface area (Å²) in [5.74, 6) is 0.389. The van der Waals surface area contributed by atoms with E-state index in [1.165, 1.54) is 0 Å². The van der Waals surface area contributed by atoms with Crippen LogP contribution in [0.3, 0.4) is 0 Å². The average molecular weight is 564 g/mol. The van der Waals surface area contributed by atoms with Gasteiger partial charge in [0.05, 0.1) is 19.5 Å². The van der Waals surface area contributed by atoms with Crippen LogP contribution < -0.4 is 14.8 Å². The lowest BCUT2D eigenvalue weighted by Gasteiger charge is -2.14. The molecule has 0 atom stereocenters. The van der Waals surface area contributed by atoms with Crippen LogP contribution in [0.25, 0.3) is 22.1 Å². The van der Waals surface area contributed by atoms with E-state index in [1.807, 2.05) is 72.8 Å². The number of fused-ring (bicyclic) bond motifs is 1.